The molecule has 0 unspecified atom stereocenters. The summed E-state index contributed by atoms with van der Waals surface area (Å²) in [6.07, 6.45) is 5.90. The van der Waals surface area contributed by atoms with Crippen LogP contribution in [0.4, 0.5) is 0 Å². The molecule has 140 valence electrons. The third-order valence-electron chi connectivity index (χ3n) is 5.14. The molecular weight excluding hydrogens is 334 g/mol. The average molecular weight is 359 g/mol. The van der Waals surface area contributed by atoms with Crippen molar-refractivity contribution in [3.63, 3.8) is 0 Å². The summed E-state index contributed by atoms with van der Waals surface area (Å²) in [5.41, 5.74) is 0.653. The molecule has 2 aliphatic rings. The molecule has 2 fully saturated rings. The number of aryl methyl sites for hydroxylation is 1. The smallest absolute Gasteiger partial charge is 0.272 e. The molecule has 0 bridgehead atoms. The van der Waals surface area contributed by atoms with E-state index in [-0.39, 0.29) is 11.8 Å². The Morgan fingerprint density at radius 3 is 2.85 bits per heavy atom. The molecule has 8 nitrogen and oxygen atoms in total. The van der Waals surface area contributed by atoms with Gasteiger partial charge in [0, 0.05) is 31.7 Å². The van der Waals surface area contributed by atoms with Crippen molar-refractivity contribution in [2.75, 3.05) is 19.7 Å². The number of ether oxygens (including phenoxy) is 1. The van der Waals surface area contributed by atoms with Crippen molar-refractivity contribution in [1.29, 1.82) is 0 Å². The number of amides is 1. The van der Waals surface area contributed by atoms with Gasteiger partial charge in [0.15, 0.2) is 5.82 Å². The van der Waals surface area contributed by atoms with E-state index >= 15 is 0 Å². The molecule has 0 atom stereocenters. The molecule has 4 rings (SSSR count). The summed E-state index contributed by atoms with van der Waals surface area (Å²) in [6, 6.07) is 1.78. The largest absolute Gasteiger partial charge is 0.371 e. The number of hydrogen-bond acceptors (Lipinski definition) is 6. The number of carbonyl (C=O) groups excluding carboxylic acids is 1. The normalized spacial score (nSPS) is 18.4. The predicted molar refractivity (Wildman–Crippen MR) is 92.5 cm³/mol. The Kier molecular flexibility index (Phi) is 5.01. The Morgan fingerprint density at radius 2 is 2.12 bits per heavy atom. The standard InChI is InChI=1S/C18H25N5O3/c1-2-23-15(5-8-19-23)18(24)22-9-6-14(7-10-22)17-20-16(26-21-17)12-25-11-13-3-4-13/h5,8,13-14H,2-4,6-7,9-12H2,1H3. The minimum Gasteiger partial charge on any atom is -0.371 e. The van der Waals surface area contributed by atoms with E-state index in [0.29, 0.717) is 37.8 Å². The summed E-state index contributed by atoms with van der Waals surface area (Å²) in [6.45, 7) is 5.24. The lowest BCUT2D eigenvalue weighted by molar-refractivity contribution is 0.0698. The zero-order chi connectivity index (χ0) is 17.9. The van der Waals surface area contributed by atoms with E-state index in [0.717, 1.165) is 31.2 Å². The van der Waals surface area contributed by atoms with E-state index in [1.54, 1.807) is 16.9 Å². The first-order valence-corrected chi connectivity index (χ1v) is 9.46. The van der Waals surface area contributed by atoms with Crippen LogP contribution >= 0.6 is 0 Å². The summed E-state index contributed by atoms with van der Waals surface area (Å²) in [5, 5.41) is 8.30. The lowest BCUT2D eigenvalue weighted by atomic mass is 9.96. The molecule has 8 heteroatoms. The maximum Gasteiger partial charge on any atom is 0.272 e. The Bertz CT molecular complexity index is 744. The van der Waals surface area contributed by atoms with Gasteiger partial charge in [-0.15, -0.1) is 0 Å². The zero-order valence-corrected chi connectivity index (χ0v) is 15.1. The van der Waals surface area contributed by atoms with Crippen LogP contribution in [0, 0.1) is 5.92 Å². The maximum absolute atomic E-state index is 12.7. The second kappa shape index (κ2) is 7.57. The van der Waals surface area contributed by atoms with Crippen LogP contribution in [0.2, 0.25) is 0 Å². The van der Waals surface area contributed by atoms with Crippen LogP contribution in [-0.4, -0.2) is 50.4 Å². The third kappa shape index (κ3) is 3.80. The van der Waals surface area contributed by atoms with E-state index in [1.165, 1.54) is 12.8 Å². The minimum absolute atomic E-state index is 0.0464. The summed E-state index contributed by atoms with van der Waals surface area (Å²) >= 11 is 0. The molecular formula is C18H25N5O3. The summed E-state index contributed by atoms with van der Waals surface area (Å²) in [5.74, 6) is 2.29. The van der Waals surface area contributed by atoms with E-state index in [1.807, 2.05) is 11.8 Å². The molecule has 2 aromatic heterocycles. The van der Waals surface area contributed by atoms with Gasteiger partial charge in [-0.2, -0.15) is 10.1 Å². The van der Waals surface area contributed by atoms with E-state index in [4.69, 9.17) is 9.26 Å². The summed E-state index contributed by atoms with van der Waals surface area (Å²) in [7, 11) is 0. The third-order valence-corrected chi connectivity index (χ3v) is 5.14. The molecule has 0 spiro atoms. The Morgan fingerprint density at radius 1 is 1.31 bits per heavy atom. The van der Waals surface area contributed by atoms with Gasteiger partial charge in [0.25, 0.3) is 11.8 Å². The lowest BCUT2D eigenvalue weighted by Crippen LogP contribution is -2.39. The fourth-order valence-corrected chi connectivity index (χ4v) is 3.36. The number of aromatic nitrogens is 4. The fraction of sp³-hybridized carbons (Fsp3) is 0.667. The highest BCUT2D eigenvalue weighted by Gasteiger charge is 2.29. The number of carbonyl (C=O) groups is 1. The average Bonchev–Trinajstić information content (AvgIpc) is 3.18. The predicted octanol–water partition coefficient (Wildman–Crippen LogP) is 2.23. The van der Waals surface area contributed by atoms with Gasteiger partial charge in [-0.1, -0.05) is 5.16 Å². The molecule has 2 aromatic rings. The molecule has 26 heavy (non-hydrogen) atoms. The highest BCUT2D eigenvalue weighted by atomic mass is 16.5. The molecule has 3 heterocycles. The van der Waals surface area contributed by atoms with Crippen molar-refractivity contribution < 1.29 is 14.1 Å². The van der Waals surface area contributed by atoms with Gasteiger partial charge in [-0.3, -0.25) is 9.48 Å². The Balaban J connectivity index is 1.29. The second-order valence-corrected chi connectivity index (χ2v) is 7.10. The number of rotatable bonds is 7. The molecule has 1 aliphatic heterocycles. The maximum atomic E-state index is 12.7. The SMILES string of the molecule is CCn1nccc1C(=O)N1CCC(c2noc(COCC3CC3)n2)CC1. The van der Waals surface area contributed by atoms with Crippen LogP contribution in [0.15, 0.2) is 16.8 Å². The van der Waals surface area contributed by atoms with Crippen molar-refractivity contribution >= 4 is 5.91 Å². The molecule has 0 N–H and O–H groups in total. The van der Waals surface area contributed by atoms with Crippen LogP contribution in [0.5, 0.6) is 0 Å². The number of piperidine rings is 1. The summed E-state index contributed by atoms with van der Waals surface area (Å²) < 4.78 is 12.6. The van der Waals surface area contributed by atoms with Gasteiger partial charge in [-0.25, -0.2) is 0 Å². The zero-order valence-electron chi connectivity index (χ0n) is 15.1. The van der Waals surface area contributed by atoms with Gasteiger partial charge < -0.3 is 14.2 Å². The van der Waals surface area contributed by atoms with Crippen LogP contribution in [0.3, 0.4) is 0 Å². The van der Waals surface area contributed by atoms with Crippen LogP contribution in [0.25, 0.3) is 0 Å². The fourth-order valence-electron chi connectivity index (χ4n) is 3.36. The van der Waals surface area contributed by atoms with Crippen molar-refractivity contribution in [2.24, 2.45) is 5.92 Å². The van der Waals surface area contributed by atoms with Crippen molar-refractivity contribution in [1.82, 2.24) is 24.8 Å². The van der Waals surface area contributed by atoms with Crippen LogP contribution in [-0.2, 0) is 17.9 Å². The first kappa shape index (κ1) is 17.2. The summed E-state index contributed by atoms with van der Waals surface area (Å²) in [4.78, 5) is 19.0. The number of nitrogens with zero attached hydrogens (tertiary/aromatic N) is 5. The highest BCUT2D eigenvalue weighted by molar-refractivity contribution is 5.92. The monoisotopic (exact) mass is 359 g/mol. The van der Waals surface area contributed by atoms with Gasteiger partial charge in [0.05, 0.1) is 6.61 Å². The van der Waals surface area contributed by atoms with E-state index in [2.05, 4.69) is 15.2 Å². The molecule has 1 saturated heterocycles. The van der Waals surface area contributed by atoms with Crippen LogP contribution < -0.4 is 0 Å². The van der Waals surface area contributed by atoms with Crippen LogP contribution in [0.1, 0.15) is 60.7 Å². The Labute approximate surface area is 152 Å². The van der Waals surface area contributed by atoms with Gasteiger partial charge >= 0.3 is 0 Å². The second-order valence-electron chi connectivity index (χ2n) is 7.10. The van der Waals surface area contributed by atoms with Crippen molar-refractivity contribution in [3.05, 3.63) is 29.7 Å². The number of hydrogen-bond donors (Lipinski definition) is 0. The van der Waals surface area contributed by atoms with Crippen molar-refractivity contribution in [3.8, 4) is 0 Å². The van der Waals surface area contributed by atoms with E-state index in [9.17, 15) is 4.79 Å². The van der Waals surface area contributed by atoms with Gasteiger partial charge in [-0.05, 0) is 44.6 Å². The highest BCUT2D eigenvalue weighted by Crippen LogP contribution is 2.29. The molecule has 1 aliphatic carbocycles. The molecule has 1 amide bonds. The molecule has 1 saturated carbocycles. The van der Waals surface area contributed by atoms with Crippen molar-refractivity contribution in [2.45, 2.75) is 51.7 Å². The van der Waals surface area contributed by atoms with Gasteiger partial charge in [0.2, 0.25) is 0 Å². The lowest BCUT2D eigenvalue weighted by Gasteiger charge is -2.30. The first-order chi connectivity index (χ1) is 12.7. The number of likely N-dealkylation sites (tertiary alicyclic amines) is 1. The van der Waals surface area contributed by atoms with Gasteiger partial charge in [0.1, 0.15) is 12.3 Å². The molecule has 0 radical (unpaired) electrons. The molecule has 0 aromatic carbocycles. The van der Waals surface area contributed by atoms with E-state index < -0.39 is 0 Å². The first-order valence-electron chi connectivity index (χ1n) is 9.46. The Hall–Kier alpha value is -2.22. The minimum atomic E-state index is 0.0464. The topological polar surface area (TPSA) is 86.3 Å². The quantitative estimate of drug-likeness (QED) is 0.753.